The number of amides is 1. The first kappa shape index (κ1) is 21.3. The molecule has 1 heterocycles. The lowest BCUT2D eigenvalue weighted by Gasteiger charge is -2.17. The Hall–Kier alpha value is -2.98. The van der Waals surface area contributed by atoms with Gasteiger partial charge in [-0.25, -0.2) is 4.39 Å². The van der Waals surface area contributed by atoms with E-state index in [-0.39, 0.29) is 11.7 Å². The SMILES string of the molecule is CCc1cccc(CC)c1CC1N=C(c2ccc(F)cc2)c2cc(Cl)ccc2NC1=O. The van der Waals surface area contributed by atoms with E-state index >= 15 is 0 Å². The highest BCUT2D eigenvalue weighted by Gasteiger charge is 2.27. The van der Waals surface area contributed by atoms with E-state index in [1.807, 2.05) is 0 Å². The van der Waals surface area contributed by atoms with E-state index in [0.717, 1.165) is 24.0 Å². The summed E-state index contributed by atoms with van der Waals surface area (Å²) in [6.45, 7) is 4.24. The second-order valence-corrected chi connectivity index (χ2v) is 8.08. The number of carbonyl (C=O) groups excluding carboxylic acids is 1. The summed E-state index contributed by atoms with van der Waals surface area (Å²) in [6, 6.07) is 17.2. The highest BCUT2D eigenvalue weighted by Crippen LogP contribution is 2.29. The maximum atomic E-state index is 13.6. The predicted octanol–water partition coefficient (Wildman–Crippen LogP) is 6.00. The van der Waals surface area contributed by atoms with Crippen LogP contribution in [0.25, 0.3) is 0 Å². The van der Waals surface area contributed by atoms with Crippen molar-refractivity contribution in [2.75, 3.05) is 5.32 Å². The molecular formula is C26H24ClFN2O. The third kappa shape index (κ3) is 4.40. The molecule has 0 spiro atoms. The Kier molecular flexibility index (Phi) is 6.19. The fourth-order valence-electron chi connectivity index (χ4n) is 4.10. The number of hydrogen-bond acceptors (Lipinski definition) is 2. The lowest BCUT2D eigenvalue weighted by molar-refractivity contribution is -0.117. The number of hydrogen-bond donors (Lipinski definition) is 1. The van der Waals surface area contributed by atoms with E-state index in [2.05, 4.69) is 37.4 Å². The van der Waals surface area contributed by atoms with Crippen LogP contribution < -0.4 is 5.32 Å². The molecule has 31 heavy (non-hydrogen) atoms. The van der Waals surface area contributed by atoms with Crippen LogP contribution in [0.2, 0.25) is 5.02 Å². The molecule has 158 valence electrons. The number of benzodiazepines with no additional fused rings is 1. The zero-order chi connectivity index (χ0) is 22.0. The molecule has 3 aromatic rings. The first-order valence-electron chi connectivity index (χ1n) is 10.5. The fourth-order valence-corrected chi connectivity index (χ4v) is 4.28. The number of nitrogens with one attached hydrogen (secondary N) is 1. The third-order valence-electron chi connectivity index (χ3n) is 5.73. The lowest BCUT2D eigenvalue weighted by Crippen LogP contribution is -2.28. The van der Waals surface area contributed by atoms with Gasteiger partial charge in [-0.15, -0.1) is 0 Å². The summed E-state index contributed by atoms with van der Waals surface area (Å²) in [5.74, 6) is -0.479. The van der Waals surface area contributed by atoms with Gasteiger partial charge >= 0.3 is 0 Å². The number of aliphatic imine (C=N–C) groups is 1. The van der Waals surface area contributed by atoms with Gasteiger partial charge in [0.1, 0.15) is 11.9 Å². The van der Waals surface area contributed by atoms with Crippen molar-refractivity contribution < 1.29 is 9.18 Å². The Morgan fingerprint density at radius 3 is 2.32 bits per heavy atom. The molecule has 0 bridgehead atoms. The smallest absolute Gasteiger partial charge is 0.249 e. The van der Waals surface area contributed by atoms with Gasteiger partial charge in [0.05, 0.1) is 11.4 Å². The molecule has 1 amide bonds. The Morgan fingerprint density at radius 1 is 1.00 bits per heavy atom. The first-order chi connectivity index (χ1) is 15.0. The largest absolute Gasteiger partial charge is 0.324 e. The monoisotopic (exact) mass is 434 g/mol. The van der Waals surface area contributed by atoms with Crippen molar-refractivity contribution in [1.82, 2.24) is 0 Å². The molecule has 0 saturated carbocycles. The minimum absolute atomic E-state index is 0.159. The van der Waals surface area contributed by atoms with Gasteiger partial charge in [0.2, 0.25) is 5.91 Å². The molecule has 5 heteroatoms. The van der Waals surface area contributed by atoms with Crippen LogP contribution in [0, 0.1) is 5.82 Å². The van der Waals surface area contributed by atoms with Crippen LogP contribution in [0.1, 0.15) is 41.7 Å². The summed E-state index contributed by atoms with van der Waals surface area (Å²) in [7, 11) is 0. The average molecular weight is 435 g/mol. The Labute approximate surface area is 187 Å². The summed E-state index contributed by atoms with van der Waals surface area (Å²) in [5, 5.41) is 3.57. The van der Waals surface area contributed by atoms with E-state index in [9.17, 15) is 9.18 Å². The van der Waals surface area contributed by atoms with Crippen LogP contribution in [0.3, 0.4) is 0 Å². The Balaban J connectivity index is 1.85. The minimum Gasteiger partial charge on any atom is -0.324 e. The van der Waals surface area contributed by atoms with Crippen molar-refractivity contribution >= 4 is 28.9 Å². The van der Waals surface area contributed by atoms with E-state index in [1.165, 1.54) is 28.8 Å². The van der Waals surface area contributed by atoms with Gasteiger partial charge in [-0.05, 0) is 72.0 Å². The van der Waals surface area contributed by atoms with Gasteiger partial charge in [-0.3, -0.25) is 9.79 Å². The molecule has 3 nitrogen and oxygen atoms in total. The maximum Gasteiger partial charge on any atom is 0.249 e. The molecule has 1 aliphatic heterocycles. The van der Waals surface area contributed by atoms with Gasteiger partial charge in [0.15, 0.2) is 0 Å². The van der Waals surface area contributed by atoms with Crippen molar-refractivity contribution in [1.29, 1.82) is 0 Å². The second-order valence-electron chi connectivity index (χ2n) is 7.65. The van der Waals surface area contributed by atoms with Gasteiger partial charge in [0, 0.05) is 22.6 Å². The van der Waals surface area contributed by atoms with E-state index in [4.69, 9.17) is 16.6 Å². The number of halogens is 2. The Bertz CT molecular complexity index is 1130. The number of anilines is 1. The van der Waals surface area contributed by atoms with Crippen molar-refractivity contribution in [2.45, 2.75) is 39.2 Å². The summed E-state index contributed by atoms with van der Waals surface area (Å²) < 4.78 is 13.6. The van der Waals surface area contributed by atoms with Crippen LogP contribution in [0.4, 0.5) is 10.1 Å². The highest BCUT2D eigenvalue weighted by molar-refractivity contribution is 6.32. The molecule has 4 rings (SSSR count). The van der Waals surface area contributed by atoms with Crippen molar-refractivity contribution in [3.8, 4) is 0 Å². The number of nitrogens with zero attached hydrogens (tertiary/aromatic N) is 1. The number of aryl methyl sites for hydroxylation is 2. The first-order valence-corrected chi connectivity index (χ1v) is 10.9. The molecule has 1 unspecified atom stereocenters. The molecule has 0 aliphatic carbocycles. The predicted molar refractivity (Wildman–Crippen MR) is 125 cm³/mol. The molecule has 0 saturated heterocycles. The van der Waals surface area contributed by atoms with Gasteiger partial charge in [-0.1, -0.05) is 43.6 Å². The summed E-state index contributed by atoms with van der Waals surface area (Å²) in [4.78, 5) is 18.1. The zero-order valence-electron chi connectivity index (χ0n) is 17.6. The van der Waals surface area contributed by atoms with Crippen LogP contribution >= 0.6 is 11.6 Å². The highest BCUT2D eigenvalue weighted by atomic mass is 35.5. The van der Waals surface area contributed by atoms with Crippen LogP contribution in [-0.2, 0) is 24.1 Å². The normalized spacial score (nSPS) is 15.7. The maximum absolute atomic E-state index is 13.6. The summed E-state index contributed by atoms with van der Waals surface area (Å²) in [5.41, 5.74) is 6.40. The molecular weight excluding hydrogens is 411 g/mol. The van der Waals surface area contributed by atoms with Gasteiger partial charge < -0.3 is 5.32 Å². The summed E-state index contributed by atoms with van der Waals surface area (Å²) in [6.07, 6.45) is 2.29. The lowest BCUT2D eigenvalue weighted by atomic mass is 9.92. The zero-order valence-corrected chi connectivity index (χ0v) is 18.3. The number of benzene rings is 3. The van der Waals surface area contributed by atoms with Crippen molar-refractivity contribution in [2.24, 2.45) is 4.99 Å². The molecule has 1 atom stereocenters. The van der Waals surface area contributed by atoms with Gasteiger partial charge in [0.25, 0.3) is 0 Å². The van der Waals surface area contributed by atoms with Crippen LogP contribution in [-0.4, -0.2) is 17.7 Å². The van der Waals surface area contributed by atoms with Crippen molar-refractivity contribution in [3.63, 3.8) is 0 Å². The third-order valence-corrected chi connectivity index (χ3v) is 5.96. The van der Waals surface area contributed by atoms with Crippen LogP contribution in [0.5, 0.6) is 0 Å². The molecule has 0 fully saturated rings. The molecule has 0 radical (unpaired) electrons. The molecule has 1 aliphatic rings. The van der Waals surface area contributed by atoms with E-state index in [1.54, 1.807) is 30.3 Å². The van der Waals surface area contributed by atoms with E-state index in [0.29, 0.717) is 22.8 Å². The van der Waals surface area contributed by atoms with Crippen LogP contribution in [0.15, 0.2) is 65.7 Å². The topological polar surface area (TPSA) is 41.5 Å². The summed E-state index contributed by atoms with van der Waals surface area (Å²) >= 11 is 6.26. The standard InChI is InChI=1S/C26H24ClFN2O/c1-3-16-6-5-7-17(4-2)21(16)15-24-26(31)30-23-13-10-19(27)14-22(23)25(29-24)18-8-11-20(28)12-9-18/h5-14,24H,3-4,15H2,1-2H3,(H,30,31). The van der Waals surface area contributed by atoms with Crippen molar-refractivity contribution in [3.05, 3.63) is 99.3 Å². The Morgan fingerprint density at radius 2 is 1.68 bits per heavy atom. The molecule has 1 N–H and O–H groups in total. The van der Waals surface area contributed by atoms with Gasteiger partial charge in [-0.2, -0.15) is 0 Å². The number of fused-ring (bicyclic) bond motifs is 1. The second kappa shape index (κ2) is 9.03. The number of carbonyl (C=O) groups is 1. The minimum atomic E-state index is -0.607. The fraction of sp³-hybridized carbons (Fsp3) is 0.231. The molecule has 0 aromatic heterocycles. The number of rotatable bonds is 5. The van der Waals surface area contributed by atoms with E-state index < -0.39 is 6.04 Å². The molecule has 3 aromatic carbocycles. The average Bonchev–Trinajstić information content (AvgIpc) is 2.91. The quantitative estimate of drug-likeness (QED) is 0.525.